The highest BCUT2D eigenvalue weighted by Crippen LogP contribution is 2.42. The van der Waals surface area contributed by atoms with Gasteiger partial charge in [0.05, 0.1) is 35.7 Å². The molecule has 41 heavy (non-hydrogen) atoms. The van der Waals surface area contributed by atoms with Crippen LogP contribution in [0.5, 0.6) is 5.75 Å². The minimum Gasteiger partial charge on any atom is -0.486 e. The average Bonchev–Trinajstić information content (AvgIpc) is 3.67. The van der Waals surface area contributed by atoms with Gasteiger partial charge in [0.1, 0.15) is 11.9 Å². The van der Waals surface area contributed by atoms with E-state index in [1.54, 1.807) is 12.1 Å². The van der Waals surface area contributed by atoms with Crippen molar-refractivity contribution in [3.8, 4) is 5.75 Å². The van der Waals surface area contributed by atoms with Gasteiger partial charge in [-0.15, -0.1) is 0 Å². The summed E-state index contributed by atoms with van der Waals surface area (Å²) in [5.41, 5.74) is -0.794. The van der Waals surface area contributed by atoms with Gasteiger partial charge in [0, 0.05) is 0 Å². The van der Waals surface area contributed by atoms with Crippen LogP contribution in [0.2, 0.25) is 0 Å². The molecule has 5 rings (SSSR count). The number of hydrogen-bond acceptors (Lipinski definition) is 8. The van der Waals surface area contributed by atoms with Gasteiger partial charge in [-0.25, -0.2) is 13.2 Å². The quantitative estimate of drug-likeness (QED) is 0.296. The third-order valence-corrected chi connectivity index (χ3v) is 9.01. The third-order valence-electron chi connectivity index (χ3n) is 7.23. The van der Waals surface area contributed by atoms with E-state index in [0.717, 1.165) is 32.3 Å². The van der Waals surface area contributed by atoms with Crippen molar-refractivity contribution in [2.24, 2.45) is 5.16 Å². The van der Waals surface area contributed by atoms with Gasteiger partial charge in [-0.05, 0) is 80.8 Å². The van der Waals surface area contributed by atoms with Crippen LogP contribution in [-0.4, -0.2) is 50.5 Å². The number of ether oxygens (including phenoxy) is 2. The van der Waals surface area contributed by atoms with E-state index in [1.165, 1.54) is 28.6 Å². The lowest BCUT2D eigenvalue weighted by atomic mass is 10.1. The highest BCUT2D eigenvalue weighted by Gasteiger charge is 2.50. The fraction of sp³-hybridized carbons (Fsp3) is 0.464. The molecule has 0 spiro atoms. The fourth-order valence-electron chi connectivity index (χ4n) is 4.67. The summed E-state index contributed by atoms with van der Waals surface area (Å²) in [6, 6.07) is 11.2. The van der Waals surface area contributed by atoms with E-state index in [9.17, 15) is 31.2 Å². The first-order chi connectivity index (χ1) is 19.2. The maximum Gasteiger partial charge on any atom is 0.427 e. The zero-order valence-electron chi connectivity index (χ0n) is 22.4. The van der Waals surface area contributed by atoms with Crippen molar-refractivity contribution in [2.75, 3.05) is 10.8 Å². The summed E-state index contributed by atoms with van der Waals surface area (Å²) in [4.78, 5) is 28.5. The number of fused-ring (bicyclic) bond motifs is 1. The Morgan fingerprint density at radius 2 is 1.90 bits per heavy atom. The van der Waals surface area contributed by atoms with E-state index >= 15 is 0 Å². The van der Waals surface area contributed by atoms with E-state index in [0.29, 0.717) is 24.5 Å². The van der Waals surface area contributed by atoms with Crippen molar-refractivity contribution in [1.82, 2.24) is 0 Å². The number of alkyl halides is 3. The van der Waals surface area contributed by atoms with Gasteiger partial charge < -0.3 is 14.3 Å². The van der Waals surface area contributed by atoms with E-state index in [2.05, 4.69) is 14.7 Å². The number of nitrogens with zero attached hydrogens (tertiary/aromatic N) is 2. The van der Waals surface area contributed by atoms with Gasteiger partial charge in [-0.3, -0.25) is 9.10 Å². The van der Waals surface area contributed by atoms with Gasteiger partial charge in [0.15, 0.2) is 0 Å². The van der Waals surface area contributed by atoms with Crippen molar-refractivity contribution < 1.29 is 45.5 Å². The van der Waals surface area contributed by atoms with Crippen LogP contribution in [-0.2, 0) is 35.6 Å². The second-order valence-electron chi connectivity index (χ2n) is 10.9. The van der Waals surface area contributed by atoms with Gasteiger partial charge in [-0.1, -0.05) is 23.4 Å². The van der Waals surface area contributed by atoms with Crippen LogP contribution in [0.3, 0.4) is 0 Å². The molecule has 3 aliphatic rings. The summed E-state index contributed by atoms with van der Waals surface area (Å²) >= 11 is 0. The average molecular weight is 595 g/mol. The minimum atomic E-state index is -4.76. The molecule has 0 saturated heterocycles. The van der Waals surface area contributed by atoms with Gasteiger partial charge in [-0.2, -0.15) is 13.2 Å². The number of carbonyl (C=O) groups is 2. The van der Waals surface area contributed by atoms with Crippen LogP contribution in [0.4, 0.5) is 18.9 Å². The standard InChI is InChI=1S/C28H29F3N2O7S/c1-27(2,28(29,30)31)39-25(34)13-17-6-11-24-23(12-17)33(16-21(38-24)10-9-20-15-26(35)40-32-20)41(36,37)22-5-3-4-19(14-22)18-7-8-18/h3-6,11-12,14,18,21H,7-10,13,15-16H2,1-2H3/t21-/m0/s1. The molecule has 220 valence electrons. The molecule has 1 fully saturated rings. The number of oxime groups is 1. The summed E-state index contributed by atoms with van der Waals surface area (Å²) in [6.45, 7) is 1.45. The maximum absolute atomic E-state index is 14.0. The zero-order chi connectivity index (χ0) is 29.6. The highest BCUT2D eigenvalue weighted by atomic mass is 32.2. The molecule has 1 aliphatic carbocycles. The number of sulfonamides is 1. The third kappa shape index (κ3) is 6.34. The summed E-state index contributed by atoms with van der Waals surface area (Å²) < 4.78 is 79.6. The lowest BCUT2D eigenvalue weighted by Gasteiger charge is -2.36. The number of rotatable bonds is 9. The molecule has 2 aromatic carbocycles. The molecule has 0 aromatic heterocycles. The summed E-state index contributed by atoms with van der Waals surface area (Å²) in [7, 11) is -4.10. The van der Waals surface area contributed by atoms with Crippen molar-refractivity contribution in [1.29, 1.82) is 0 Å². The Labute approximate surface area is 235 Å². The normalized spacial score (nSPS) is 19.2. The Hall–Kier alpha value is -3.61. The molecule has 2 aliphatic heterocycles. The second-order valence-corrected chi connectivity index (χ2v) is 12.8. The first-order valence-electron chi connectivity index (χ1n) is 13.2. The monoisotopic (exact) mass is 594 g/mol. The van der Waals surface area contributed by atoms with Crippen LogP contribution in [0, 0.1) is 0 Å². The first-order valence-corrected chi connectivity index (χ1v) is 14.6. The summed E-state index contributed by atoms with van der Waals surface area (Å²) in [5.74, 6) is -1.01. The molecule has 0 N–H and O–H groups in total. The molecular weight excluding hydrogens is 565 g/mol. The SMILES string of the molecule is CC(C)(OC(=O)Cc1ccc2c(c1)N(S(=O)(=O)c1cccc(C3CC3)c1)C[C@H](CCC1=NOC(=O)C1)O2)C(F)(F)F. The lowest BCUT2D eigenvalue weighted by Crippen LogP contribution is -2.44. The van der Waals surface area contributed by atoms with Crippen LogP contribution in [0.1, 0.15) is 63.0 Å². The minimum absolute atomic E-state index is 0.0594. The van der Waals surface area contributed by atoms with E-state index in [-0.39, 0.29) is 34.9 Å². The molecule has 0 bridgehead atoms. The van der Waals surface area contributed by atoms with Crippen molar-refractivity contribution in [3.63, 3.8) is 0 Å². The highest BCUT2D eigenvalue weighted by molar-refractivity contribution is 7.92. The number of halogens is 3. The maximum atomic E-state index is 14.0. The van der Waals surface area contributed by atoms with Crippen LogP contribution >= 0.6 is 0 Å². The number of benzene rings is 2. The van der Waals surface area contributed by atoms with E-state index in [1.807, 2.05) is 6.07 Å². The Bertz CT molecular complexity index is 1500. The van der Waals surface area contributed by atoms with Crippen LogP contribution in [0.25, 0.3) is 0 Å². The van der Waals surface area contributed by atoms with Crippen LogP contribution < -0.4 is 9.04 Å². The van der Waals surface area contributed by atoms with Gasteiger partial charge in [0.2, 0.25) is 5.60 Å². The molecule has 2 heterocycles. The largest absolute Gasteiger partial charge is 0.486 e. The number of hydrogen-bond donors (Lipinski definition) is 0. The van der Waals surface area contributed by atoms with Crippen molar-refractivity contribution >= 4 is 33.4 Å². The molecule has 0 radical (unpaired) electrons. The number of anilines is 1. The van der Waals surface area contributed by atoms with E-state index in [4.69, 9.17) is 4.74 Å². The Morgan fingerprint density at radius 1 is 1.15 bits per heavy atom. The second kappa shape index (κ2) is 10.7. The zero-order valence-corrected chi connectivity index (χ0v) is 23.3. The predicted molar refractivity (Wildman–Crippen MR) is 141 cm³/mol. The predicted octanol–water partition coefficient (Wildman–Crippen LogP) is 5.03. The molecule has 0 unspecified atom stereocenters. The molecule has 13 heteroatoms. The molecule has 1 atom stereocenters. The molecule has 9 nitrogen and oxygen atoms in total. The molecule has 2 aromatic rings. The summed E-state index contributed by atoms with van der Waals surface area (Å²) in [6.07, 6.45) is -3.10. The summed E-state index contributed by atoms with van der Waals surface area (Å²) in [5, 5.41) is 3.74. The smallest absolute Gasteiger partial charge is 0.427 e. The first kappa shape index (κ1) is 28.9. The Kier molecular flexibility index (Phi) is 7.51. The fourth-order valence-corrected chi connectivity index (χ4v) is 6.23. The van der Waals surface area contributed by atoms with Gasteiger partial charge in [0.25, 0.3) is 10.0 Å². The van der Waals surface area contributed by atoms with E-state index < -0.39 is 46.3 Å². The topological polar surface area (TPSA) is 112 Å². The molecular formula is C28H29F3N2O7S. The van der Waals surface area contributed by atoms with Crippen molar-refractivity contribution in [3.05, 3.63) is 53.6 Å². The lowest BCUT2D eigenvalue weighted by molar-refractivity contribution is -0.257. The number of carbonyl (C=O) groups excluding carboxylic acids is 2. The molecule has 0 amide bonds. The molecule has 1 saturated carbocycles. The van der Waals surface area contributed by atoms with Crippen LogP contribution in [0.15, 0.2) is 52.5 Å². The Morgan fingerprint density at radius 3 is 2.56 bits per heavy atom. The number of esters is 1. The Balaban J connectivity index is 1.43. The van der Waals surface area contributed by atoms with Gasteiger partial charge >= 0.3 is 18.1 Å². The van der Waals surface area contributed by atoms with Crippen molar-refractivity contribution in [2.45, 2.75) is 81.1 Å².